The van der Waals surface area contributed by atoms with Crippen molar-refractivity contribution in [2.75, 3.05) is 38.2 Å². The zero-order chi connectivity index (χ0) is 24.1. The number of anilines is 1. The summed E-state index contributed by atoms with van der Waals surface area (Å²) in [4.78, 5) is 27.2. The first-order chi connectivity index (χ1) is 16.4. The van der Waals surface area contributed by atoms with Crippen molar-refractivity contribution in [2.24, 2.45) is 5.92 Å². The number of ether oxygens (including phenoxy) is 2. The van der Waals surface area contributed by atoms with Crippen molar-refractivity contribution in [3.8, 4) is 11.5 Å². The molecule has 1 fully saturated rings. The van der Waals surface area contributed by atoms with Gasteiger partial charge in [0, 0.05) is 31.0 Å². The number of aryl methyl sites for hydroxylation is 1. The fourth-order valence-electron chi connectivity index (χ4n) is 4.11. The van der Waals surface area contributed by atoms with Crippen molar-refractivity contribution < 1.29 is 23.5 Å². The molecule has 182 valence electrons. The molecule has 2 N–H and O–H groups in total. The molecule has 2 heterocycles. The molecule has 0 radical (unpaired) electrons. The molecule has 2 aliphatic rings. The van der Waals surface area contributed by atoms with Crippen molar-refractivity contribution in [3.63, 3.8) is 0 Å². The van der Waals surface area contributed by atoms with Crippen LogP contribution >= 0.6 is 11.6 Å². The van der Waals surface area contributed by atoms with Crippen LogP contribution in [-0.4, -0.2) is 49.6 Å². The third-order valence-corrected chi connectivity index (χ3v) is 6.45. The summed E-state index contributed by atoms with van der Waals surface area (Å²) in [6.45, 7) is 4.60. The Hall–Kier alpha value is -2.84. The second kappa shape index (κ2) is 11.1. The van der Waals surface area contributed by atoms with E-state index in [1.54, 1.807) is 25.1 Å². The van der Waals surface area contributed by atoms with Crippen molar-refractivity contribution in [3.05, 3.63) is 52.3 Å². The third kappa shape index (κ3) is 6.18. The standard InChI is InChI=1S/C25H29ClFN3O4/c1-16-3-4-17(11-20(16)27)14-28-25(32)18-5-7-30(8-6-18)15-24(31)29-21-13-23-22(12-19(21)26)33-9-2-10-34-23/h3-4,11-13,18H,2,5-10,14-15H2,1H3,(H,28,32)(H,29,31). The fourth-order valence-corrected chi connectivity index (χ4v) is 4.31. The molecule has 9 heteroatoms. The predicted molar refractivity (Wildman–Crippen MR) is 128 cm³/mol. The normalized spacial score (nSPS) is 16.6. The Kier molecular flexibility index (Phi) is 7.90. The van der Waals surface area contributed by atoms with E-state index in [1.165, 1.54) is 6.07 Å². The number of amides is 2. The number of likely N-dealkylation sites (tertiary alicyclic amines) is 1. The molecule has 7 nitrogen and oxygen atoms in total. The third-order valence-electron chi connectivity index (χ3n) is 6.14. The molecule has 0 bridgehead atoms. The number of hydrogen-bond acceptors (Lipinski definition) is 5. The van der Waals surface area contributed by atoms with Gasteiger partial charge in [-0.2, -0.15) is 0 Å². The molecule has 4 rings (SSSR count). The lowest BCUT2D eigenvalue weighted by Crippen LogP contribution is -2.43. The van der Waals surface area contributed by atoms with Crippen LogP contribution in [0.15, 0.2) is 30.3 Å². The number of carbonyl (C=O) groups excluding carboxylic acids is 2. The molecule has 2 aliphatic heterocycles. The van der Waals surface area contributed by atoms with Gasteiger partial charge in [-0.05, 0) is 50.0 Å². The number of nitrogens with one attached hydrogen (secondary N) is 2. The van der Waals surface area contributed by atoms with Gasteiger partial charge < -0.3 is 20.1 Å². The summed E-state index contributed by atoms with van der Waals surface area (Å²) >= 11 is 6.32. The molecule has 2 aromatic rings. The summed E-state index contributed by atoms with van der Waals surface area (Å²) in [7, 11) is 0. The minimum absolute atomic E-state index is 0.0379. The summed E-state index contributed by atoms with van der Waals surface area (Å²) in [5.41, 5.74) is 1.80. The molecule has 1 saturated heterocycles. The van der Waals surface area contributed by atoms with Crippen LogP contribution in [0.3, 0.4) is 0 Å². The average molecular weight is 490 g/mol. The van der Waals surface area contributed by atoms with E-state index in [2.05, 4.69) is 10.6 Å². The van der Waals surface area contributed by atoms with Crippen molar-refractivity contribution in [1.29, 1.82) is 0 Å². The van der Waals surface area contributed by atoms with E-state index < -0.39 is 0 Å². The maximum Gasteiger partial charge on any atom is 0.238 e. The molecular weight excluding hydrogens is 461 g/mol. The Balaban J connectivity index is 1.23. The van der Waals surface area contributed by atoms with Crippen LogP contribution in [0.2, 0.25) is 5.02 Å². The van der Waals surface area contributed by atoms with Gasteiger partial charge in [-0.15, -0.1) is 0 Å². The first-order valence-corrected chi connectivity index (χ1v) is 11.9. The fraction of sp³-hybridized carbons (Fsp3) is 0.440. The molecule has 0 spiro atoms. The number of benzene rings is 2. The summed E-state index contributed by atoms with van der Waals surface area (Å²) in [5.74, 6) is 0.535. The SMILES string of the molecule is Cc1ccc(CNC(=O)C2CCN(CC(=O)Nc3cc4c(cc3Cl)OCCCO4)CC2)cc1F. The number of halogens is 2. The number of piperidine rings is 1. The number of nitrogens with zero attached hydrogens (tertiary/aromatic N) is 1. The minimum Gasteiger partial charge on any atom is -0.490 e. The van der Waals surface area contributed by atoms with Gasteiger partial charge in [-0.3, -0.25) is 14.5 Å². The van der Waals surface area contributed by atoms with E-state index in [4.69, 9.17) is 21.1 Å². The smallest absolute Gasteiger partial charge is 0.238 e. The molecule has 2 aromatic carbocycles. The van der Waals surface area contributed by atoms with E-state index in [0.29, 0.717) is 73.5 Å². The first-order valence-electron chi connectivity index (χ1n) is 11.5. The Morgan fingerprint density at radius 1 is 1.12 bits per heavy atom. The summed E-state index contributed by atoms with van der Waals surface area (Å²) < 4.78 is 25.0. The molecule has 0 unspecified atom stereocenters. The van der Waals surface area contributed by atoms with Gasteiger partial charge in [0.25, 0.3) is 0 Å². The number of hydrogen-bond donors (Lipinski definition) is 2. The monoisotopic (exact) mass is 489 g/mol. The zero-order valence-electron chi connectivity index (χ0n) is 19.2. The largest absolute Gasteiger partial charge is 0.490 e. The van der Waals surface area contributed by atoms with Gasteiger partial charge in [0.05, 0.1) is 30.5 Å². The highest BCUT2D eigenvalue weighted by atomic mass is 35.5. The highest BCUT2D eigenvalue weighted by Crippen LogP contribution is 2.37. The molecule has 34 heavy (non-hydrogen) atoms. The van der Waals surface area contributed by atoms with E-state index in [1.807, 2.05) is 11.0 Å². The summed E-state index contributed by atoms with van der Waals surface area (Å²) in [6.07, 6.45) is 2.10. The predicted octanol–water partition coefficient (Wildman–Crippen LogP) is 3.92. The van der Waals surface area contributed by atoms with Crippen LogP contribution in [0, 0.1) is 18.7 Å². The number of carbonyl (C=O) groups is 2. The maximum absolute atomic E-state index is 13.7. The highest BCUT2D eigenvalue weighted by Gasteiger charge is 2.26. The zero-order valence-corrected chi connectivity index (χ0v) is 19.9. The lowest BCUT2D eigenvalue weighted by molar-refractivity contribution is -0.126. The van der Waals surface area contributed by atoms with Crippen LogP contribution in [0.1, 0.15) is 30.4 Å². The van der Waals surface area contributed by atoms with Crippen LogP contribution in [0.4, 0.5) is 10.1 Å². The molecule has 2 amide bonds. The maximum atomic E-state index is 13.7. The Morgan fingerprint density at radius 2 is 1.82 bits per heavy atom. The minimum atomic E-state index is -0.272. The Bertz CT molecular complexity index is 1060. The topological polar surface area (TPSA) is 79.9 Å². The number of fused-ring (bicyclic) bond motifs is 1. The second-order valence-electron chi connectivity index (χ2n) is 8.73. The molecule has 0 saturated carbocycles. The Labute approximate surface area is 203 Å². The van der Waals surface area contributed by atoms with Crippen LogP contribution < -0.4 is 20.1 Å². The molecular formula is C25H29ClFN3O4. The average Bonchev–Trinajstić information content (AvgIpc) is 3.05. The second-order valence-corrected chi connectivity index (χ2v) is 9.14. The van der Waals surface area contributed by atoms with E-state index in [-0.39, 0.29) is 30.1 Å². The van der Waals surface area contributed by atoms with Crippen LogP contribution in [-0.2, 0) is 16.1 Å². The lowest BCUT2D eigenvalue weighted by atomic mass is 9.95. The van der Waals surface area contributed by atoms with E-state index >= 15 is 0 Å². The van der Waals surface area contributed by atoms with E-state index in [0.717, 1.165) is 12.0 Å². The van der Waals surface area contributed by atoms with Crippen molar-refractivity contribution in [2.45, 2.75) is 32.7 Å². The molecule has 0 aliphatic carbocycles. The molecule has 0 atom stereocenters. The van der Waals surface area contributed by atoms with Gasteiger partial charge in [0.2, 0.25) is 11.8 Å². The first kappa shape index (κ1) is 24.3. The van der Waals surface area contributed by atoms with Gasteiger partial charge in [0.15, 0.2) is 11.5 Å². The van der Waals surface area contributed by atoms with Crippen molar-refractivity contribution >= 4 is 29.1 Å². The highest BCUT2D eigenvalue weighted by molar-refractivity contribution is 6.34. The lowest BCUT2D eigenvalue weighted by Gasteiger charge is -2.30. The van der Waals surface area contributed by atoms with Crippen molar-refractivity contribution in [1.82, 2.24) is 10.2 Å². The van der Waals surface area contributed by atoms with Gasteiger partial charge in [-0.25, -0.2) is 4.39 Å². The number of rotatable bonds is 6. The van der Waals surface area contributed by atoms with Crippen LogP contribution in [0.5, 0.6) is 11.5 Å². The summed E-state index contributed by atoms with van der Waals surface area (Å²) in [6, 6.07) is 8.33. The van der Waals surface area contributed by atoms with Gasteiger partial charge in [0.1, 0.15) is 5.82 Å². The summed E-state index contributed by atoms with van der Waals surface area (Å²) in [5, 5.41) is 6.14. The van der Waals surface area contributed by atoms with Gasteiger partial charge >= 0.3 is 0 Å². The van der Waals surface area contributed by atoms with Crippen LogP contribution in [0.25, 0.3) is 0 Å². The van der Waals surface area contributed by atoms with E-state index in [9.17, 15) is 14.0 Å². The quantitative estimate of drug-likeness (QED) is 0.643. The Morgan fingerprint density at radius 3 is 2.53 bits per heavy atom. The molecule has 0 aromatic heterocycles. The van der Waals surface area contributed by atoms with Gasteiger partial charge in [-0.1, -0.05) is 23.7 Å².